The molecule has 7 nitrogen and oxygen atoms in total. The first-order chi connectivity index (χ1) is 16.6. The molecule has 1 fully saturated rings. The van der Waals surface area contributed by atoms with Gasteiger partial charge in [0, 0.05) is 23.7 Å². The van der Waals surface area contributed by atoms with Crippen molar-refractivity contribution in [3.8, 4) is 11.5 Å². The average molecular weight is 511 g/mol. The minimum absolute atomic E-state index is 0.0550. The molecule has 2 bridgehead atoms. The van der Waals surface area contributed by atoms with Gasteiger partial charge in [-0.1, -0.05) is 11.6 Å². The van der Waals surface area contributed by atoms with Gasteiger partial charge in [0.15, 0.2) is 13.2 Å². The van der Waals surface area contributed by atoms with Gasteiger partial charge in [0.25, 0.3) is 18.2 Å². The van der Waals surface area contributed by atoms with E-state index >= 15 is 0 Å². The van der Waals surface area contributed by atoms with Crippen LogP contribution in [0.4, 0.5) is 13.2 Å². The third-order valence-electron chi connectivity index (χ3n) is 5.96. The lowest BCUT2D eigenvalue weighted by Gasteiger charge is -2.52. The molecule has 0 heterocycles. The van der Waals surface area contributed by atoms with Crippen LogP contribution in [0.25, 0.3) is 0 Å². The number of carbonyl (C=O) groups excluding carboxylic acids is 2. The Hall–Kier alpha value is -3.24. The van der Waals surface area contributed by atoms with Gasteiger partial charge in [-0.3, -0.25) is 9.59 Å². The Bertz CT molecular complexity index is 1150. The number of aliphatic hydroxyl groups excluding tert-OH is 1. The van der Waals surface area contributed by atoms with Gasteiger partial charge >= 0.3 is 0 Å². The fourth-order valence-corrected chi connectivity index (χ4v) is 4.21. The second-order valence-electron chi connectivity index (χ2n) is 8.43. The number of alkyl halides is 2. The zero-order valence-corrected chi connectivity index (χ0v) is 19.1. The van der Waals surface area contributed by atoms with Gasteiger partial charge in [-0.25, -0.2) is 13.2 Å². The third kappa shape index (κ3) is 5.71. The van der Waals surface area contributed by atoms with Crippen LogP contribution < -0.4 is 20.1 Å². The molecule has 3 N–H and O–H groups in total. The Labute approximate surface area is 203 Å². The number of halogens is 4. The fraction of sp³-hybridized carbons (Fsp3) is 0.333. The quantitative estimate of drug-likeness (QED) is 0.478. The van der Waals surface area contributed by atoms with Gasteiger partial charge in [0.2, 0.25) is 0 Å². The molecule has 2 aromatic carbocycles. The molecule has 2 aromatic rings. The fourth-order valence-electron chi connectivity index (χ4n) is 4.10. The zero-order chi connectivity index (χ0) is 25.2. The van der Waals surface area contributed by atoms with E-state index in [1.54, 1.807) is 0 Å². The Balaban J connectivity index is 1.25. The first-order valence-corrected chi connectivity index (χ1v) is 11.1. The van der Waals surface area contributed by atoms with Crippen LogP contribution in [0.3, 0.4) is 0 Å². The van der Waals surface area contributed by atoms with Crippen LogP contribution in [0.15, 0.2) is 53.7 Å². The van der Waals surface area contributed by atoms with E-state index in [2.05, 4.69) is 10.6 Å². The summed E-state index contributed by atoms with van der Waals surface area (Å²) in [5.74, 6) is -1.16. The van der Waals surface area contributed by atoms with Crippen LogP contribution in [0, 0.1) is 5.82 Å². The van der Waals surface area contributed by atoms with Crippen molar-refractivity contribution in [1.29, 1.82) is 0 Å². The average Bonchev–Trinajstić information content (AvgIpc) is 2.79. The van der Waals surface area contributed by atoms with Crippen LogP contribution in [-0.2, 0) is 9.59 Å². The summed E-state index contributed by atoms with van der Waals surface area (Å²) < 4.78 is 49.3. The number of rotatable bonds is 9. The van der Waals surface area contributed by atoms with Gasteiger partial charge in [-0.15, -0.1) is 0 Å². The number of benzene rings is 2. The SMILES string of the molecule is O=C(COc1ccc(Cl)c(F)c1)NC1=C2CC(NC(=O)COc3ccc(C(F)F)cc3)(C2)[C@@H](O)C1. The molecule has 0 spiro atoms. The molecule has 0 aromatic heterocycles. The van der Waals surface area contributed by atoms with Crippen molar-refractivity contribution in [1.82, 2.24) is 10.6 Å². The molecule has 5 rings (SSSR count). The Morgan fingerprint density at radius 1 is 1.06 bits per heavy atom. The summed E-state index contributed by atoms with van der Waals surface area (Å²) in [7, 11) is 0. The lowest BCUT2D eigenvalue weighted by atomic mass is 9.62. The van der Waals surface area contributed by atoms with Crippen LogP contribution in [-0.4, -0.2) is 41.8 Å². The van der Waals surface area contributed by atoms with Crippen molar-refractivity contribution < 1.29 is 37.3 Å². The summed E-state index contributed by atoms with van der Waals surface area (Å²) in [6.07, 6.45) is -2.66. The maximum atomic E-state index is 13.5. The van der Waals surface area contributed by atoms with Crippen molar-refractivity contribution in [2.75, 3.05) is 13.2 Å². The molecule has 3 aliphatic carbocycles. The molecule has 0 unspecified atom stereocenters. The number of hydrogen-bond donors (Lipinski definition) is 3. The van der Waals surface area contributed by atoms with E-state index < -0.39 is 35.7 Å². The smallest absolute Gasteiger partial charge is 0.263 e. The molecule has 1 atom stereocenters. The minimum atomic E-state index is -2.59. The number of amides is 2. The maximum Gasteiger partial charge on any atom is 0.263 e. The lowest BCUT2D eigenvalue weighted by Crippen LogP contribution is -2.65. The minimum Gasteiger partial charge on any atom is -0.484 e. The van der Waals surface area contributed by atoms with Crippen molar-refractivity contribution in [2.24, 2.45) is 0 Å². The van der Waals surface area contributed by atoms with Gasteiger partial charge < -0.3 is 25.2 Å². The molecule has 0 aliphatic heterocycles. The van der Waals surface area contributed by atoms with Crippen LogP contribution >= 0.6 is 11.6 Å². The summed E-state index contributed by atoms with van der Waals surface area (Å²) in [6, 6.07) is 8.99. The second-order valence-corrected chi connectivity index (χ2v) is 8.84. The van der Waals surface area contributed by atoms with Crippen LogP contribution in [0.2, 0.25) is 5.02 Å². The third-order valence-corrected chi connectivity index (χ3v) is 6.27. The molecule has 1 saturated carbocycles. The van der Waals surface area contributed by atoms with E-state index in [-0.39, 0.29) is 41.7 Å². The number of hydrogen-bond acceptors (Lipinski definition) is 5. The van der Waals surface area contributed by atoms with E-state index in [1.807, 2.05) is 0 Å². The summed E-state index contributed by atoms with van der Waals surface area (Å²) >= 11 is 5.61. The van der Waals surface area contributed by atoms with Crippen molar-refractivity contribution in [3.63, 3.8) is 0 Å². The van der Waals surface area contributed by atoms with Gasteiger partial charge in [-0.05, 0) is 54.8 Å². The highest BCUT2D eigenvalue weighted by Crippen LogP contribution is 2.47. The molecule has 0 saturated heterocycles. The maximum absolute atomic E-state index is 13.5. The zero-order valence-electron chi connectivity index (χ0n) is 18.3. The van der Waals surface area contributed by atoms with Crippen molar-refractivity contribution >= 4 is 23.4 Å². The Morgan fingerprint density at radius 2 is 1.69 bits per heavy atom. The normalized spacial score (nSPS) is 20.8. The van der Waals surface area contributed by atoms with Gasteiger partial charge in [0.1, 0.15) is 17.3 Å². The highest BCUT2D eigenvalue weighted by atomic mass is 35.5. The summed E-state index contributed by atoms with van der Waals surface area (Å²) in [5, 5.41) is 16.1. The number of carbonyl (C=O) groups is 2. The largest absolute Gasteiger partial charge is 0.484 e. The first-order valence-electron chi connectivity index (χ1n) is 10.7. The van der Waals surface area contributed by atoms with Crippen LogP contribution in [0.5, 0.6) is 11.5 Å². The number of nitrogens with one attached hydrogen (secondary N) is 2. The molecule has 0 radical (unpaired) electrons. The monoisotopic (exact) mass is 510 g/mol. The number of ether oxygens (including phenoxy) is 2. The molecular weight excluding hydrogens is 489 g/mol. The van der Waals surface area contributed by atoms with E-state index in [9.17, 15) is 27.9 Å². The number of aliphatic hydroxyl groups is 1. The van der Waals surface area contributed by atoms with Gasteiger partial charge in [0.05, 0.1) is 16.7 Å². The van der Waals surface area contributed by atoms with Crippen LogP contribution in [0.1, 0.15) is 31.3 Å². The summed E-state index contributed by atoms with van der Waals surface area (Å²) in [5.41, 5.74) is 0.471. The standard InChI is InChI=1S/C24H22ClF3N2O5/c25-17-6-5-16(7-18(17)26)35-11-21(32)29-19-8-20(31)24(9-14(19)10-24)30-22(33)12-34-15-3-1-13(2-4-15)23(27)28/h1-7,20,23,31H,8-12H2,(H,29,32)(H,30,33)/t20-/m0/s1. The topological polar surface area (TPSA) is 96.9 Å². The first kappa shape index (κ1) is 24.9. The van der Waals surface area contributed by atoms with E-state index in [1.165, 1.54) is 36.4 Å². The predicted molar refractivity (Wildman–Crippen MR) is 120 cm³/mol. The van der Waals surface area contributed by atoms with Gasteiger partial charge in [-0.2, -0.15) is 0 Å². The van der Waals surface area contributed by atoms with E-state index in [4.69, 9.17) is 21.1 Å². The van der Waals surface area contributed by atoms with Crippen molar-refractivity contribution in [3.05, 3.63) is 70.1 Å². The molecular formula is C24H22ClF3N2O5. The molecule has 3 aliphatic rings. The Morgan fingerprint density at radius 3 is 2.31 bits per heavy atom. The molecule has 35 heavy (non-hydrogen) atoms. The molecule has 186 valence electrons. The summed E-state index contributed by atoms with van der Waals surface area (Å²) in [4.78, 5) is 24.6. The van der Waals surface area contributed by atoms with Crippen molar-refractivity contribution in [2.45, 2.75) is 37.3 Å². The Kier molecular flexibility index (Phi) is 7.23. The lowest BCUT2D eigenvalue weighted by molar-refractivity contribution is -0.129. The predicted octanol–water partition coefficient (Wildman–Crippen LogP) is 3.66. The highest BCUT2D eigenvalue weighted by Gasteiger charge is 2.52. The molecule has 2 amide bonds. The second kappa shape index (κ2) is 10.2. The molecule has 11 heteroatoms. The highest BCUT2D eigenvalue weighted by molar-refractivity contribution is 6.30. The van der Waals surface area contributed by atoms with E-state index in [0.29, 0.717) is 18.5 Å². The number of fused-ring (bicyclic) bond motifs is 2. The summed E-state index contributed by atoms with van der Waals surface area (Å²) in [6.45, 7) is -0.695. The van der Waals surface area contributed by atoms with E-state index in [0.717, 1.165) is 11.6 Å².